The Bertz CT molecular complexity index is 1640. The van der Waals surface area contributed by atoms with Crippen LogP contribution in [-0.4, -0.2) is 7.38 Å². The van der Waals surface area contributed by atoms with Crippen molar-refractivity contribution in [3.63, 3.8) is 0 Å². The number of hydrogen-bond donors (Lipinski definition) is 0. The molecule has 0 saturated heterocycles. The molecule has 0 bridgehead atoms. The maximum atomic E-state index is 8.40. The summed E-state index contributed by atoms with van der Waals surface area (Å²) in [6.07, 6.45) is 2.65. The molecule has 0 radical (unpaired) electrons. The Labute approximate surface area is 268 Å². The molecule has 0 N–H and O–H groups in total. The minimum absolute atomic E-state index is 0.884. The molecule has 0 aromatic heterocycles. The molecular formula is C42H39ClSi. The van der Waals surface area contributed by atoms with Crippen LogP contribution in [0, 0.1) is 20.8 Å². The fraction of sp³-hybridized carbons (Fsp3) is 0.143. The highest BCUT2D eigenvalue weighted by Gasteiger charge is 2.42. The van der Waals surface area contributed by atoms with E-state index in [-0.39, 0.29) is 0 Å². The first-order valence-corrected chi connectivity index (χ1v) is 18.5. The van der Waals surface area contributed by atoms with Crippen molar-refractivity contribution in [2.45, 2.75) is 40.0 Å². The highest BCUT2D eigenvalue weighted by molar-refractivity contribution is 7.40. The first-order valence-electron chi connectivity index (χ1n) is 15.5. The summed E-state index contributed by atoms with van der Waals surface area (Å²) in [7, 11) is -2.98. The van der Waals surface area contributed by atoms with Gasteiger partial charge in [-0.3, -0.25) is 0 Å². The molecule has 0 saturated carbocycles. The van der Waals surface area contributed by atoms with Crippen LogP contribution in [0.5, 0.6) is 0 Å². The maximum Gasteiger partial charge on any atom is 0.248 e. The van der Waals surface area contributed by atoms with Gasteiger partial charge < -0.3 is 0 Å². The highest BCUT2D eigenvalue weighted by Crippen LogP contribution is 2.23. The molecule has 0 fully saturated rings. The van der Waals surface area contributed by atoms with E-state index in [1.807, 2.05) is 0 Å². The van der Waals surface area contributed by atoms with E-state index in [0.29, 0.717) is 0 Å². The van der Waals surface area contributed by atoms with Crippen molar-refractivity contribution >= 4 is 34.0 Å². The average Bonchev–Trinajstić information content (AvgIpc) is 3.05. The van der Waals surface area contributed by atoms with Gasteiger partial charge in [0.15, 0.2) is 0 Å². The predicted octanol–water partition coefficient (Wildman–Crippen LogP) is 8.59. The molecule has 2 heteroatoms. The molecule has 0 aliphatic rings. The van der Waals surface area contributed by atoms with E-state index < -0.39 is 7.38 Å². The minimum Gasteiger partial charge on any atom is -0.149 e. The topological polar surface area (TPSA) is 0 Å². The molecule has 218 valence electrons. The van der Waals surface area contributed by atoms with Crippen LogP contribution in [-0.2, 0) is 19.3 Å². The first kappa shape index (κ1) is 29.9. The van der Waals surface area contributed by atoms with Crippen LogP contribution >= 0.6 is 11.1 Å². The normalized spacial score (nSPS) is 11.5. The van der Waals surface area contributed by atoms with Gasteiger partial charge in [-0.15, -0.1) is 11.1 Å². The van der Waals surface area contributed by atoms with E-state index in [1.54, 1.807) is 0 Å². The number of benzene rings is 6. The van der Waals surface area contributed by atoms with E-state index in [9.17, 15) is 0 Å². The Morgan fingerprint density at radius 3 is 0.909 bits per heavy atom. The van der Waals surface area contributed by atoms with Crippen molar-refractivity contribution in [3.05, 3.63) is 196 Å². The van der Waals surface area contributed by atoms with E-state index >= 15 is 0 Å². The number of aryl methyl sites for hydroxylation is 3. The SMILES string of the molecule is Cc1ccc(Cc2ccccc2)cc1[Si](Cl)(c1cc(Cc2ccccc2)ccc1C)c1cc(Cc2ccccc2)ccc1C. The fourth-order valence-corrected chi connectivity index (χ4v) is 12.1. The monoisotopic (exact) mass is 606 g/mol. The van der Waals surface area contributed by atoms with Crippen LogP contribution in [0.15, 0.2) is 146 Å². The van der Waals surface area contributed by atoms with Gasteiger partial charge in [-0.05, 0) is 106 Å². The van der Waals surface area contributed by atoms with Crippen LogP contribution in [0.25, 0.3) is 0 Å². The van der Waals surface area contributed by atoms with Crippen LogP contribution in [0.2, 0.25) is 0 Å². The lowest BCUT2D eigenvalue weighted by Crippen LogP contribution is -2.65. The van der Waals surface area contributed by atoms with E-state index in [1.165, 1.54) is 65.6 Å². The first-order chi connectivity index (χ1) is 21.4. The molecule has 44 heavy (non-hydrogen) atoms. The van der Waals surface area contributed by atoms with Crippen molar-refractivity contribution in [2.24, 2.45) is 0 Å². The summed E-state index contributed by atoms with van der Waals surface area (Å²) < 4.78 is 0. The third kappa shape index (κ3) is 6.50. The summed E-state index contributed by atoms with van der Waals surface area (Å²) in [6.45, 7) is 6.70. The summed E-state index contributed by atoms with van der Waals surface area (Å²) >= 11 is 8.40. The molecule has 0 amide bonds. The van der Waals surface area contributed by atoms with Gasteiger partial charge in [-0.25, -0.2) is 0 Å². The molecular weight excluding hydrogens is 568 g/mol. The van der Waals surface area contributed by atoms with Crippen molar-refractivity contribution in [1.29, 1.82) is 0 Å². The second-order valence-corrected chi connectivity index (χ2v) is 16.7. The molecule has 0 nitrogen and oxygen atoms in total. The van der Waals surface area contributed by atoms with Crippen molar-refractivity contribution in [2.75, 3.05) is 0 Å². The quantitative estimate of drug-likeness (QED) is 0.0878. The second kappa shape index (κ2) is 13.2. The van der Waals surface area contributed by atoms with E-state index in [2.05, 4.69) is 166 Å². The molecule has 0 heterocycles. The van der Waals surface area contributed by atoms with Crippen LogP contribution in [0.1, 0.15) is 50.1 Å². The average molecular weight is 607 g/mol. The van der Waals surface area contributed by atoms with E-state index in [4.69, 9.17) is 11.1 Å². The summed E-state index contributed by atoms with van der Waals surface area (Å²) in [5, 5.41) is 3.85. The molecule has 0 spiro atoms. The third-order valence-corrected chi connectivity index (χ3v) is 14.4. The lowest BCUT2D eigenvalue weighted by Gasteiger charge is -2.32. The molecule has 6 aromatic rings. The van der Waals surface area contributed by atoms with Gasteiger partial charge in [0.2, 0.25) is 7.38 Å². The third-order valence-electron chi connectivity index (χ3n) is 8.77. The van der Waals surface area contributed by atoms with Gasteiger partial charge in [-0.1, -0.05) is 146 Å². The van der Waals surface area contributed by atoms with Crippen LogP contribution in [0.3, 0.4) is 0 Å². The Morgan fingerprint density at radius 1 is 0.364 bits per heavy atom. The molecule has 0 atom stereocenters. The van der Waals surface area contributed by atoms with Gasteiger partial charge in [0, 0.05) is 0 Å². The van der Waals surface area contributed by atoms with Crippen molar-refractivity contribution in [1.82, 2.24) is 0 Å². The van der Waals surface area contributed by atoms with Gasteiger partial charge in [0.05, 0.1) is 0 Å². The number of halogens is 1. The summed E-state index contributed by atoms with van der Waals surface area (Å²) in [5.74, 6) is 0. The van der Waals surface area contributed by atoms with Crippen LogP contribution in [0.4, 0.5) is 0 Å². The minimum atomic E-state index is -2.98. The number of hydrogen-bond acceptors (Lipinski definition) is 0. The highest BCUT2D eigenvalue weighted by atomic mass is 35.6. The van der Waals surface area contributed by atoms with Gasteiger partial charge >= 0.3 is 0 Å². The Kier molecular flexibility index (Phi) is 8.98. The van der Waals surface area contributed by atoms with Gasteiger partial charge in [-0.2, -0.15) is 0 Å². The van der Waals surface area contributed by atoms with Crippen molar-refractivity contribution in [3.8, 4) is 0 Å². The lowest BCUT2D eigenvalue weighted by molar-refractivity contribution is 1.19. The predicted molar refractivity (Wildman–Crippen MR) is 192 cm³/mol. The Balaban J connectivity index is 1.53. The zero-order valence-electron chi connectivity index (χ0n) is 25.9. The fourth-order valence-electron chi connectivity index (χ4n) is 6.38. The zero-order chi connectivity index (χ0) is 30.5. The summed E-state index contributed by atoms with van der Waals surface area (Å²) in [6, 6.07) is 53.1. The number of rotatable bonds is 9. The Morgan fingerprint density at radius 2 is 0.636 bits per heavy atom. The summed E-state index contributed by atoms with van der Waals surface area (Å²) in [4.78, 5) is 0. The van der Waals surface area contributed by atoms with Crippen molar-refractivity contribution < 1.29 is 0 Å². The Hall–Kier alpha value is -4.17. The van der Waals surface area contributed by atoms with Gasteiger partial charge in [0.1, 0.15) is 0 Å². The summed E-state index contributed by atoms with van der Waals surface area (Å²) in [5.41, 5.74) is 11.6. The van der Waals surface area contributed by atoms with Gasteiger partial charge in [0.25, 0.3) is 0 Å². The molecule has 0 aliphatic carbocycles. The lowest BCUT2D eigenvalue weighted by atomic mass is 10.0. The largest absolute Gasteiger partial charge is 0.248 e. The van der Waals surface area contributed by atoms with Crippen LogP contribution < -0.4 is 15.6 Å². The maximum absolute atomic E-state index is 8.40. The molecule has 6 rings (SSSR count). The second-order valence-electron chi connectivity index (χ2n) is 12.1. The molecule has 0 unspecified atom stereocenters. The molecule has 6 aromatic carbocycles. The smallest absolute Gasteiger partial charge is 0.149 e. The standard InChI is InChI=1S/C42H39ClSi/c1-31-19-22-37(25-34-13-7-4-8-14-34)28-40(31)44(43,41-29-38(23-20-32(41)2)26-35-15-9-5-10-16-35)42-30-39(24-21-33(42)3)27-36-17-11-6-12-18-36/h4-24,28-30H,25-27H2,1-3H3. The van der Waals surface area contributed by atoms with E-state index in [0.717, 1.165) is 19.3 Å². The zero-order valence-corrected chi connectivity index (χ0v) is 27.6. The molecule has 0 aliphatic heterocycles.